The van der Waals surface area contributed by atoms with Crippen LogP contribution in [-0.2, 0) is 0 Å². The Balaban J connectivity index is 1.63. The number of nitrogens with zero attached hydrogens (tertiary/aromatic N) is 1. The molecule has 23 heavy (non-hydrogen) atoms. The Hall–Kier alpha value is -1.59. The number of benzene rings is 1. The highest BCUT2D eigenvalue weighted by Crippen LogP contribution is 2.12. The summed E-state index contributed by atoms with van der Waals surface area (Å²) in [5, 5.41) is 6.50. The molecule has 2 rings (SSSR count). The molecular formula is C18H29N3O2. The summed E-state index contributed by atoms with van der Waals surface area (Å²) in [4.78, 5) is 14.6. The molecular weight excluding hydrogens is 290 g/mol. The molecule has 1 fully saturated rings. The Morgan fingerprint density at radius 3 is 2.78 bits per heavy atom. The Morgan fingerprint density at radius 2 is 2.09 bits per heavy atom. The number of carbonyl (C=O) groups is 1. The van der Waals surface area contributed by atoms with Crippen LogP contribution in [0.5, 0.6) is 5.75 Å². The smallest absolute Gasteiger partial charge is 0.251 e. The summed E-state index contributed by atoms with van der Waals surface area (Å²) in [7, 11) is 1.60. The first kappa shape index (κ1) is 17.8. The third-order valence-electron chi connectivity index (χ3n) is 4.30. The van der Waals surface area contributed by atoms with Gasteiger partial charge in [-0.15, -0.1) is 0 Å². The molecule has 1 aliphatic heterocycles. The molecule has 0 bridgehead atoms. The normalized spacial score (nSPS) is 16.3. The number of hydrogen-bond acceptors (Lipinski definition) is 4. The fourth-order valence-electron chi connectivity index (χ4n) is 3.00. The molecule has 5 heteroatoms. The molecule has 128 valence electrons. The summed E-state index contributed by atoms with van der Waals surface area (Å²) in [5.41, 5.74) is 0.636. The van der Waals surface area contributed by atoms with Crippen LogP contribution in [0, 0.1) is 0 Å². The second-order valence-corrected chi connectivity index (χ2v) is 6.06. The molecule has 0 radical (unpaired) electrons. The average Bonchev–Trinajstić information content (AvgIpc) is 2.60. The second kappa shape index (κ2) is 9.53. The third-order valence-corrected chi connectivity index (χ3v) is 4.30. The van der Waals surface area contributed by atoms with Gasteiger partial charge in [0.2, 0.25) is 0 Å². The van der Waals surface area contributed by atoms with Gasteiger partial charge in [0.25, 0.3) is 5.91 Å². The summed E-state index contributed by atoms with van der Waals surface area (Å²) in [6, 6.07) is 7.80. The molecule has 1 aliphatic rings. The predicted molar refractivity (Wildman–Crippen MR) is 93.1 cm³/mol. The highest BCUT2D eigenvalue weighted by Gasteiger charge is 2.17. The molecule has 1 aromatic carbocycles. The summed E-state index contributed by atoms with van der Waals surface area (Å²) in [5.74, 6) is 0.651. The number of hydrogen-bond donors (Lipinski definition) is 2. The van der Waals surface area contributed by atoms with E-state index in [0.717, 1.165) is 6.54 Å². The number of nitrogens with one attached hydrogen (secondary N) is 2. The highest BCUT2D eigenvalue weighted by atomic mass is 16.5. The van der Waals surface area contributed by atoms with E-state index in [1.807, 2.05) is 12.1 Å². The van der Waals surface area contributed by atoms with Gasteiger partial charge in [-0.25, -0.2) is 0 Å². The SMILES string of the molecule is CCCN1CCC(NCCNC(=O)c2cccc(OC)c2)CC1. The third kappa shape index (κ3) is 5.84. The van der Waals surface area contributed by atoms with Crippen molar-refractivity contribution in [1.29, 1.82) is 0 Å². The number of rotatable bonds is 8. The minimum atomic E-state index is -0.0523. The van der Waals surface area contributed by atoms with Crippen molar-refractivity contribution in [2.45, 2.75) is 32.2 Å². The standard InChI is InChI=1S/C18H29N3O2/c1-3-11-21-12-7-16(8-13-21)19-9-10-20-18(22)15-5-4-6-17(14-15)23-2/h4-6,14,16,19H,3,7-13H2,1-2H3,(H,20,22). The van der Waals surface area contributed by atoms with E-state index in [9.17, 15) is 4.79 Å². The number of ether oxygens (including phenoxy) is 1. The zero-order chi connectivity index (χ0) is 16.5. The van der Waals surface area contributed by atoms with Gasteiger partial charge in [-0.1, -0.05) is 13.0 Å². The van der Waals surface area contributed by atoms with Crippen LogP contribution in [0.25, 0.3) is 0 Å². The van der Waals surface area contributed by atoms with Crippen molar-refractivity contribution >= 4 is 5.91 Å². The molecule has 1 amide bonds. The van der Waals surface area contributed by atoms with Crippen molar-refractivity contribution in [1.82, 2.24) is 15.5 Å². The van der Waals surface area contributed by atoms with Crippen molar-refractivity contribution in [2.24, 2.45) is 0 Å². The van der Waals surface area contributed by atoms with Crippen LogP contribution in [0.3, 0.4) is 0 Å². The zero-order valence-corrected chi connectivity index (χ0v) is 14.3. The Labute approximate surface area is 139 Å². The summed E-state index contributed by atoms with van der Waals surface area (Å²) in [6.45, 7) is 7.27. The van der Waals surface area contributed by atoms with Crippen LogP contribution in [0.15, 0.2) is 24.3 Å². The monoisotopic (exact) mass is 319 g/mol. The summed E-state index contributed by atoms with van der Waals surface area (Å²) >= 11 is 0. The molecule has 2 N–H and O–H groups in total. The Bertz CT molecular complexity index is 485. The maximum Gasteiger partial charge on any atom is 0.251 e. The van der Waals surface area contributed by atoms with E-state index in [-0.39, 0.29) is 5.91 Å². The molecule has 1 aromatic rings. The first-order valence-corrected chi connectivity index (χ1v) is 8.61. The largest absolute Gasteiger partial charge is 0.497 e. The van der Waals surface area contributed by atoms with E-state index < -0.39 is 0 Å². The number of carbonyl (C=O) groups excluding carboxylic acids is 1. The van der Waals surface area contributed by atoms with Crippen molar-refractivity contribution in [3.05, 3.63) is 29.8 Å². The van der Waals surface area contributed by atoms with Crippen LogP contribution in [-0.4, -0.2) is 56.7 Å². The van der Waals surface area contributed by atoms with Crippen molar-refractivity contribution in [3.63, 3.8) is 0 Å². The fraction of sp³-hybridized carbons (Fsp3) is 0.611. The molecule has 1 heterocycles. The van der Waals surface area contributed by atoms with Crippen molar-refractivity contribution in [2.75, 3.05) is 39.8 Å². The quantitative estimate of drug-likeness (QED) is 0.719. The van der Waals surface area contributed by atoms with E-state index in [0.29, 0.717) is 23.9 Å². The summed E-state index contributed by atoms with van der Waals surface area (Å²) in [6.07, 6.45) is 3.63. The molecule has 5 nitrogen and oxygen atoms in total. The van der Waals surface area contributed by atoms with Gasteiger partial charge in [0.1, 0.15) is 5.75 Å². The van der Waals surface area contributed by atoms with Gasteiger partial charge in [-0.05, 0) is 57.1 Å². The lowest BCUT2D eigenvalue weighted by Crippen LogP contribution is -2.44. The van der Waals surface area contributed by atoms with Gasteiger partial charge in [0, 0.05) is 24.7 Å². The maximum atomic E-state index is 12.1. The van der Waals surface area contributed by atoms with Gasteiger partial charge >= 0.3 is 0 Å². The van der Waals surface area contributed by atoms with E-state index in [4.69, 9.17) is 4.74 Å². The van der Waals surface area contributed by atoms with E-state index >= 15 is 0 Å². The van der Waals surface area contributed by atoms with Gasteiger partial charge in [-0.3, -0.25) is 4.79 Å². The Kier molecular flexibility index (Phi) is 7.36. The molecule has 1 saturated heterocycles. The second-order valence-electron chi connectivity index (χ2n) is 6.06. The van der Waals surface area contributed by atoms with Crippen molar-refractivity contribution in [3.8, 4) is 5.75 Å². The molecule has 0 aromatic heterocycles. The average molecular weight is 319 g/mol. The van der Waals surface area contributed by atoms with E-state index in [1.165, 1.54) is 38.9 Å². The van der Waals surface area contributed by atoms with Crippen LogP contribution in [0.2, 0.25) is 0 Å². The van der Waals surface area contributed by atoms with Crippen LogP contribution in [0.1, 0.15) is 36.5 Å². The van der Waals surface area contributed by atoms with Crippen molar-refractivity contribution < 1.29 is 9.53 Å². The molecule has 0 atom stereocenters. The van der Waals surface area contributed by atoms with Crippen LogP contribution in [0.4, 0.5) is 0 Å². The van der Waals surface area contributed by atoms with E-state index in [2.05, 4.69) is 22.5 Å². The topological polar surface area (TPSA) is 53.6 Å². The molecule has 0 unspecified atom stereocenters. The van der Waals surface area contributed by atoms with Crippen LogP contribution >= 0.6 is 0 Å². The lowest BCUT2D eigenvalue weighted by Gasteiger charge is -2.32. The minimum absolute atomic E-state index is 0.0523. The van der Waals surface area contributed by atoms with Gasteiger partial charge in [-0.2, -0.15) is 0 Å². The molecule has 0 aliphatic carbocycles. The lowest BCUT2D eigenvalue weighted by molar-refractivity contribution is 0.0952. The van der Waals surface area contributed by atoms with Crippen LogP contribution < -0.4 is 15.4 Å². The minimum Gasteiger partial charge on any atom is -0.497 e. The first-order valence-electron chi connectivity index (χ1n) is 8.61. The highest BCUT2D eigenvalue weighted by molar-refractivity contribution is 5.94. The van der Waals surface area contributed by atoms with Gasteiger partial charge in [0.15, 0.2) is 0 Å². The van der Waals surface area contributed by atoms with Gasteiger partial charge < -0.3 is 20.3 Å². The van der Waals surface area contributed by atoms with Gasteiger partial charge in [0.05, 0.1) is 7.11 Å². The Morgan fingerprint density at radius 1 is 1.30 bits per heavy atom. The summed E-state index contributed by atoms with van der Waals surface area (Å²) < 4.78 is 5.14. The number of likely N-dealkylation sites (tertiary alicyclic amines) is 1. The van der Waals surface area contributed by atoms with E-state index in [1.54, 1.807) is 19.2 Å². The lowest BCUT2D eigenvalue weighted by atomic mass is 10.0. The maximum absolute atomic E-state index is 12.1. The first-order chi connectivity index (χ1) is 11.2. The predicted octanol–water partition coefficient (Wildman–Crippen LogP) is 1.89. The molecule has 0 saturated carbocycles. The fourth-order valence-corrected chi connectivity index (χ4v) is 3.00. The number of amides is 1. The number of methoxy groups -OCH3 is 1. The molecule has 0 spiro atoms. The number of piperidine rings is 1. The zero-order valence-electron chi connectivity index (χ0n) is 14.3.